The largest absolute Gasteiger partial charge is 0.330 e. The van der Waals surface area contributed by atoms with Gasteiger partial charge in [0.2, 0.25) is 0 Å². The summed E-state index contributed by atoms with van der Waals surface area (Å²) >= 11 is 0. The molecule has 0 heterocycles. The zero-order chi connectivity index (χ0) is 10.2. The Balaban J connectivity index is 0.000000213. The Kier molecular flexibility index (Phi) is 4.73. The third-order valence-corrected chi connectivity index (χ3v) is 1.95. The van der Waals surface area contributed by atoms with Crippen LogP contribution in [0.25, 0.3) is 10.8 Å². The Morgan fingerprint density at radius 2 is 1.14 bits per heavy atom. The summed E-state index contributed by atoms with van der Waals surface area (Å²) in [5.74, 6) is 0. The van der Waals surface area contributed by atoms with Crippen molar-refractivity contribution in [2.75, 3.05) is 6.54 Å². The lowest BCUT2D eigenvalue weighted by atomic mass is 10.1. The van der Waals surface area contributed by atoms with Crippen LogP contribution in [0.1, 0.15) is 13.3 Å². The van der Waals surface area contributed by atoms with Crippen molar-refractivity contribution < 1.29 is 0 Å². The monoisotopic (exact) mass is 187 g/mol. The van der Waals surface area contributed by atoms with Crippen LogP contribution in [0.5, 0.6) is 0 Å². The fourth-order valence-electron chi connectivity index (χ4n) is 1.13. The molecule has 0 aliphatic rings. The van der Waals surface area contributed by atoms with E-state index in [9.17, 15) is 0 Å². The second-order valence-electron chi connectivity index (χ2n) is 3.14. The third-order valence-electron chi connectivity index (χ3n) is 1.95. The van der Waals surface area contributed by atoms with Crippen LogP contribution in [0.4, 0.5) is 0 Å². The topological polar surface area (TPSA) is 26.0 Å². The molecule has 14 heavy (non-hydrogen) atoms. The van der Waals surface area contributed by atoms with Gasteiger partial charge in [-0.15, -0.1) is 0 Å². The highest BCUT2D eigenvalue weighted by Gasteiger charge is 1.85. The van der Waals surface area contributed by atoms with Crippen molar-refractivity contribution in [3.8, 4) is 0 Å². The summed E-state index contributed by atoms with van der Waals surface area (Å²) in [6.45, 7) is 2.88. The summed E-state index contributed by atoms with van der Waals surface area (Å²) in [4.78, 5) is 0. The van der Waals surface area contributed by atoms with E-state index >= 15 is 0 Å². The first-order chi connectivity index (χ1) is 6.88. The van der Waals surface area contributed by atoms with Crippen molar-refractivity contribution in [1.82, 2.24) is 0 Å². The molecule has 2 N–H and O–H groups in total. The van der Waals surface area contributed by atoms with E-state index < -0.39 is 0 Å². The Morgan fingerprint density at radius 1 is 0.857 bits per heavy atom. The molecule has 0 atom stereocenters. The summed E-state index contributed by atoms with van der Waals surface area (Å²) < 4.78 is 0. The minimum Gasteiger partial charge on any atom is -0.330 e. The molecule has 0 radical (unpaired) electrons. The third kappa shape index (κ3) is 3.19. The van der Waals surface area contributed by atoms with Gasteiger partial charge in [0, 0.05) is 0 Å². The Bertz CT molecular complexity index is 301. The maximum atomic E-state index is 5.03. The van der Waals surface area contributed by atoms with Gasteiger partial charge < -0.3 is 5.73 Å². The van der Waals surface area contributed by atoms with Crippen molar-refractivity contribution in [3.63, 3.8) is 0 Å². The van der Waals surface area contributed by atoms with Gasteiger partial charge in [-0.2, -0.15) is 0 Å². The summed E-state index contributed by atoms with van der Waals surface area (Å²) in [5.41, 5.74) is 5.03. The van der Waals surface area contributed by atoms with Crippen molar-refractivity contribution >= 4 is 10.8 Å². The van der Waals surface area contributed by atoms with Gasteiger partial charge in [-0.05, 0) is 23.7 Å². The first-order valence-corrected chi connectivity index (χ1v) is 5.02. The predicted octanol–water partition coefficient (Wildman–Crippen LogP) is 3.19. The second kappa shape index (κ2) is 6.17. The number of hydrogen-bond donors (Lipinski definition) is 1. The van der Waals surface area contributed by atoms with E-state index in [2.05, 4.69) is 55.5 Å². The van der Waals surface area contributed by atoms with Crippen LogP contribution in [-0.4, -0.2) is 6.54 Å². The molecule has 0 aromatic heterocycles. The smallest absolute Gasteiger partial charge is 0.00799 e. The quantitative estimate of drug-likeness (QED) is 0.729. The molecule has 0 amide bonds. The van der Waals surface area contributed by atoms with Crippen molar-refractivity contribution in [3.05, 3.63) is 48.5 Å². The van der Waals surface area contributed by atoms with Gasteiger partial charge in [-0.1, -0.05) is 55.5 Å². The van der Waals surface area contributed by atoms with Crippen molar-refractivity contribution in [2.24, 2.45) is 5.73 Å². The molecule has 2 aromatic rings. The average Bonchev–Trinajstić information content (AvgIpc) is 2.30. The Labute approximate surface area is 85.6 Å². The van der Waals surface area contributed by atoms with E-state index in [-0.39, 0.29) is 0 Å². The Morgan fingerprint density at radius 3 is 1.36 bits per heavy atom. The molecule has 1 heteroatoms. The number of rotatable bonds is 1. The number of benzene rings is 2. The van der Waals surface area contributed by atoms with Crippen molar-refractivity contribution in [1.29, 1.82) is 0 Å². The van der Waals surface area contributed by atoms with Crippen LogP contribution in [0.15, 0.2) is 48.5 Å². The first-order valence-electron chi connectivity index (χ1n) is 5.02. The van der Waals surface area contributed by atoms with Crippen LogP contribution in [0.2, 0.25) is 0 Å². The minimum atomic E-state index is 0.819. The first kappa shape index (κ1) is 10.7. The zero-order valence-corrected chi connectivity index (χ0v) is 8.61. The maximum Gasteiger partial charge on any atom is -0.00799 e. The molecule has 0 saturated carbocycles. The lowest BCUT2D eigenvalue weighted by molar-refractivity contribution is 0.932. The molecular formula is C13H17N. The van der Waals surface area contributed by atoms with Gasteiger partial charge in [-0.25, -0.2) is 0 Å². The fraction of sp³-hybridized carbons (Fsp3) is 0.231. The lowest BCUT2D eigenvalue weighted by Crippen LogP contribution is -1.93. The average molecular weight is 187 g/mol. The molecule has 2 rings (SSSR count). The SMILES string of the molecule is CCCN.c1ccc2ccccc2c1. The maximum absolute atomic E-state index is 5.03. The molecule has 0 bridgehead atoms. The molecule has 0 aliphatic carbocycles. The van der Waals surface area contributed by atoms with Gasteiger partial charge in [0.05, 0.1) is 0 Å². The van der Waals surface area contributed by atoms with E-state index in [0.29, 0.717) is 0 Å². The Hall–Kier alpha value is -1.34. The van der Waals surface area contributed by atoms with Crippen LogP contribution < -0.4 is 5.73 Å². The highest BCUT2D eigenvalue weighted by atomic mass is 14.5. The van der Waals surface area contributed by atoms with E-state index in [1.165, 1.54) is 10.8 Å². The summed E-state index contributed by atoms with van der Waals surface area (Å²) in [6, 6.07) is 16.7. The molecular weight excluding hydrogens is 170 g/mol. The molecule has 1 nitrogen and oxygen atoms in total. The van der Waals surface area contributed by atoms with Crippen LogP contribution in [0.3, 0.4) is 0 Å². The summed E-state index contributed by atoms with van der Waals surface area (Å²) in [7, 11) is 0. The van der Waals surface area contributed by atoms with E-state index in [4.69, 9.17) is 5.73 Å². The molecule has 0 spiro atoms. The predicted molar refractivity (Wildman–Crippen MR) is 63.3 cm³/mol. The molecule has 0 fully saturated rings. The standard InChI is InChI=1S/C10H8.C3H9N/c1-2-6-10-8-4-3-7-9(10)5-1;1-2-3-4/h1-8H;2-4H2,1H3. The second-order valence-corrected chi connectivity index (χ2v) is 3.14. The highest BCUT2D eigenvalue weighted by Crippen LogP contribution is 2.11. The van der Waals surface area contributed by atoms with E-state index in [1.54, 1.807) is 0 Å². The number of hydrogen-bond acceptors (Lipinski definition) is 1. The molecule has 74 valence electrons. The van der Waals surface area contributed by atoms with E-state index in [0.717, 1.165) is 13.0 Å². The fourth-order valence-corrected chi connectivity index (χ4v) is 1.13. The van der Waals surface area contributed by atoms with E-state index in [1.807, 2.05) is 0 Å². The van der Waals surface area contributed by atoms with Gasteiger partial charge in [0.25, 0.3) is 0 Å². The molecule has 0 saturated heterocycles. The normalized spacial score (nSPS) is 9.29. The number of nitrogens with two attached hydrogens (primary N) is 1. The summed E-state index contributed by atoms with van der Waals surface area (Å²) in [5, 5.41) is 2.62. The molecule has 0 aliphatic heterocycles. The number of fused-ring (bicyclic) bond motifs is 1. The molecule has 0 unspecified atom stereocenters. The van der Waals surface area contributed by atoms with Gasteiger partial charge in [-0.3, -0.25) is 0 Å². The van der Waals surface area contributed by atoms with Crippen LogP contribution in [0, 0.1) is 0 Å². The van der Waals surface area contributed by atoms with Crippen molar-refractivity contribution in [2.45, 2.75) is 13.3 Å². The van der Waals surface area contributed by atoms with Crippen LogP contribution in [-0.2, 0) is 0 Å². The zero-order valence-electron chi connectivity index (χ0n) is 8.61. The van der Waals surface area contributed by atoms with Gasteiger partial charge in [0.1, 0.15) is 0 Å². The lowest BCUT2D eigenvalue weighted by Gasteiger charge is -1.92. The van der Waals surface area contributed by atoms with Crippen LogP contribution >= 0.6 is 0 Å². The molecule has 2 aromatic carbocycles. The highest BCUT2D eigenvalue weighted by molar-refractivity contribution is 5.81. The van der Waals surface area contributed by atoms with Gasteiger partial charge >= 0.3 is 0 Å². The van der Waals surface area contributed by atoms with Gasteiger partial charge in [0.15, 0.2) is 0 Å². The summed E-state index contributed by atoms with van der Waals surface area (Å²) in [6.07, 6.45) is 1.10. The minimum absolute atomic E-state index is 0.819.